The minimum atomic E-state index is -0.304. The van der Waals surface area contributed by atoms with Crippen LogP contribution in [-0.2, 0) is 9.53 Å². The van der Waals surface area contributed by atoms with Crippen LogP contribution in [0.15, 0.2) is 11.8 Å². The maximum atomic E-state index is 11.0. The van der Waals surface area contributed by atoms with Gasteiger partial charge in [0.05, 0.1) is 0 Å². The number of ether oxygens (including phenoxy) is 1. The van der Waals surface area contributed by atoms with E-state index in [0.717, 1.165) is 12.8 Å². The normalized spacial score (nSPS) is 19.6. The molecule has 0 bridgehead atoms. The molecule has 12 heavy (non-hydrogen) atoms. The third kappa shape index (κ3) is 2.95. The van der Waals surface area contributed by atoms with Crippen LogP contribution in [0.1, 0.15) is 32.6 Å². The Hall–Kier alpha value is -0.990. The first-order valence-corrected chi connectivity index (χ1v) is 4.33. The van der Waals surface area contributed by atoms with E-state index in [9.17, 15) is 4.79 Å². The summed E-state index contributed by atoms with van der Waals surface area (Å²) in [6.45, 7) is 1.68. The minimum Gasteiger partial charge on any atom is -0.459 e. The fraction of sp³-hybridized carbons (Fsp3) is 0.667. The van der Waals surface area contributed by atoms with Crippen molar-refractivity contribution in [2.45, 2.75) is 38.7 Å². The summed E-state index contributed by atoms with van der Waals surface area (Å²) >= 11 is 0. The molecule has 0 aliphatic heterocycles. The van der Waals surface area contributed by atoms with E-state index in [4.69, 9.17) is 10.5 Å². The number of nitrogens with two attached hydrogens (primary N) is 1. The Labute approximate surface area is 72.6 Å². The highest BCUT2D eigenvalue weighted by Crippen LogP contribution is 2.20. The van der Waals surface area contributed by atoms with Crippen LogP contribution in [0.2, 0.25) is 0 Å². The van der Waals surface area contributed by atoms with Crippen molar-refractivity contribution in [2.75, 3.05) is 0 Å². The molecule has 1 rings (SSSR count). The van der Waals surface area contributed by atoms with E-state index >= 15 is 0 Å². The number of rotatable bonds is 2. The lowest BCUT2D eigenvalue weighted by atomic mass is 10.3. The maximum absolute atomic E-state index is 11.0. The number of allylic oxidation sites excluding steroid dienone is 1. The molecular formula is C9H15NO2. The van der Waals surface area contributed by atoms with Gasteiger partial charge in [-0.25, -0.2) is 4.79 Å². The van der Waals surface area contributed by atoms with E-state index in [1.807, 2.05) is 0 Å². The van der Waals surface area contributed by atoms with Gasteiger partial charge in [-0.05, 0) is 32.6 Å². The van der Waals surface area contributed by atoms with E-state index in [1.54, 1.807) is 6.92 Å². The topological polar surface area (TPSA) is 52.3 Å². The van der Waals surface area contributed by atoms with Gasteiger partial charge in [0.2, 0.25) is 0 Å². The molecule has 3 nitrogen and oxygen atoms in total. The SMILES string of the molecule is C/C(N)=C\C(=O)OC1CCCC1. The largest absolute Gasteiger partial charge is 0.459 e. The van der Waals surface area contributed by atoms with Gasteiger partial charge in [-0.2, -0.15) is 0 Å². The molecule has 0 aromatic carbocycles. The zero-order valence-corrected chi connectivity index (χ0v) is 7.38. The monoisotopic (exact) mass is 169 g/mol. The van der Waals surface area contributed by atoms with Crippen LogP contribution in [0, 0.1) is 0 Å². The first kappa shape index (κ1) is 9.10. The predicted octanol–water partition coefficient (Wildman–Crippen LogP) is 1.33. The van der Waals surface area contributed by atoms with Gasteiger partial charge in [0.15, 0.2) is 0 Å². The van der Waals surface area contributed by atoms with E-state index in [1.165, 1.54) is 18.9 Å². The van der Waals surface area contributed by atoms with Gasteiger partial charge >= 0.3 is 5.97 Å². The fourth-order valence-electron chi connectivity index (χ4n) is 1.39. The van der Waals surface area contributed by atoms with Crippen LogP contribution >= 0.6 is 0 Å². The summed E-state index contributed by atoms with van der Waals surface area (Å²) in [5.41, 5.74) is 5.83. The summed E-state index contributed by atoms with van der Waals surface area (Å²) in [6.07, 6.45) is 5.81. The molecule has 0 radical (unpaired) electrons. The molecule has 0 atom stereocenters. The molecule has 0 heterocycles. The molecule has 1 aliphatic carbocycles. The molecule has 0 aromatic rings. The van der Waals surface area contributed by atoms with E-state index in [2.05, 4.69) is 0 Å². The highest BCUT2D eigenvalue weighted by atomic mass is 16.5. The van der Waals surface area contributed by atoms with Crippen LogP contribution < -0.4 is 5.73 Å². The molecule has 1 saturated carbocycles. The quantitative estimate of drug-likeness (QED) is 0.501. The van der Waals surface area contributed by atoms with Crippen molar-refractivity contribution in [3.8, 4) is 0 Å². The fourth-order valence-corrected chi connectivity index (χ4v) is 1.39. The summed E-state index contributed by atoms with van der Waals surface area (Å²) in [7, 11) is 0. The number of hydrogen-bond acceptors (Lipinski definition) is 3. The molecule has 0 aromatic heterocycles. The molecule has 1 fully saturated rings. The molecule has 3 heteroatoms. The number of carbonyl (C=O) groups is 1. The third-order valence-corrected chi connectivity index (χ3v) is 1.93. The van der Waals surface area contributed by atoms with Crippen molar-refractivity contribution in [1.29, 1.82) is 0 Å². The van der Waals surface area contributed by atoms with E-state index < -0.39 is 0 Å². The summed E-state index contributed by atoms with van der Waals surface area (Å²) in [6, 6.07) is 0. The van der Waals surface area contributed by atoms with Crippen LogP contribution in [0.25, 0.3) is 0 Å². The predicted molar refractivity (Wildman–Crippen MR) is 46.3 cm³/mol. The van der Waals surface area contributed by atoms with Crippen LogP contribution in [0.4, 0.5) is 0 Å². The van der Waals surface area contributed by atoms with Gasteiger partial charge in [0, 0.05) is 11.8 Å². The summed E-state index contributed by atoms with van der Waals surface area (Å²) < 4.78 is 5.13. The Balaban J connectivity index is 2.30. The number of esters is 1. The lowest BCUT2D eigenvalue weighted by molar-refractivity contribution is -0.142. The molecule has 0 saturated heterocycles. The van der Waals surface area contributed by atoms with Gasteiger partial charge in [0.25, 0.3) is 0 Å². The van der Waals surface area contributed by atoms with Gasteiger partial charge in [0.1, 0.15) is 6.10 Å². The minimum absolute atomic E-state index is 0.132. The summed E-state index contributed by atoms with van der Waals surface area (Å²) in [5.74, 6) is -0.304. The molecule has 0 spiro atoms. The smallest absolute Gasteiger partial charge is 0.332 e. The maximum Gasteiger partial charge on any atom is 0.332 e. The number of hydrogen-bond donors (Lipinski definition) is 1. The van der Waals surface area contributed by atoms with Gasteiger partial charge in [-0.1, -0.05) is 0 Å². The van der Waals surface area contributed by atoms with Crippen molar-refractivity contribution >= 4 is 5.97 Å². The molecule has 0 amide bonds. The molecule has 0 unspecified atom stereocenters. The van der Waals surface area contributed by atoms with Gasteiger partial charge in [-0.15, -0.1) is 0 Å². The lowest BCUT2D eigenvalue weighted by Gasteiger charge is -2.08. The zero-order valence-electron chi connectivity index (χ0n) is 7.38. The molecule has 1 aliphatic rings. The molecule has 2 N–H and O–H groups in total. The second kappa shape index (κ2) is 4.14. The summed E-state index contributed by atoms with van der Waals surface area (Å²) in [5, 5.41) is 0. The van der Waals surface area contributed by atoms with Crippen LogP contribution in [-0.4, -0.2) is 12.1 Å². The first-order valence-electron chi connectivity index (χ1n) is 4.33. The Kier molecular flexibility index (Phi) is 3.14. The van der Waals surface area contributed by atoms with Gasteiger partial charge < -0.3 is 10.5 Å². The van der Waals surface area contributed by atoms with Crippen molar-refractivity contribution < 1.29 is 9.53 Å². The number of carbonyl (C=O) groups excluding carboxylic acids is 1. The van der Waals surface area contributed by atoms with Gasteiger partial charge in [-0.3, -0.25) is 0 Å². The van der Waals surface area contributed by atoms with Crippen molar-refractivity contribution in [3.05, 3.63) is 11.8 Å². The second-order valence-electron chi connectivity index (χ2n) is 3.23. The molecular weight excluding hydrogens is 154 g/mol. The van der Waals surface area contributed by atoms with E-state index in [0.29, 0.717) is 5.70 Å². The Morgan fingerprint density at radius 2 is 2.08 bits per heavy atom. The highest BCUT2D eigenvalue weighted by Gasteiger charge is 2.17. The Morgan fingerprint density at radius 3 is 2.58 bits per heavy atom. The van der Waals surface area contributed by atoms with Crippen LogP contribution in [0.5, 0.6) is 0 Å². The third-order valence-electron chi connectivity index (χ3n) is 1.93. The van der Waals surface area contributed by atoms with Crippen molar-refractivity contribution in [3.63, 3.8) is 0 Å². The summed E-state index contributed by atoms with van der Waals surface area (Å²) in [4.78, 5) is 11.0. The van der Waals surface area contributed by atoms with Crippen LogP contribution in [0.3, 0.4) is 0 Å². The Bertz CT molecular complexity index is 189. The van der Waals surface area contributed by atoms with Crippen molar-refractivity contribution in [2.24, 2.45) is 5.73 Å². The standard InChI is InChI=1S/C9H15NO2/c1-7(10)6-9(11)12-8-4-2-3-5-8/h6,8H,2-5,10H2,1H3/b7-6+. The Morgan fingerprint density at radius 1 is 1.50 bits per heavy atom. The average molecular weight is 169 g/mol. The highest BCUT2D eigenvalue weighted by molar-refractivity contribution is 5.82. The second-order valence-corrected chi connectivity index (χ2v) is 3.23. The first-order chi connectivity index (χ1) is 5.68. The zero-order chi connectivity index (χ0) is 8.97. The lowest BCUT2D eigenvalue weighted by Crippen LogP contribution is -2.13. The molecule has 68 valence electrons. The average Bonchev–Trinajstić information content (AvgIpc) is 2.37. The van der Waals surface area contributed by atoms with Crippen molar-refractivity contribution in [1.82, 2.24) is 0 Å². The van der Waals surface area contributed by atoms with E-state index in [-0.39, 0.29) is 12.1 Å².